The van der Waals surface area contributed by atoms with Gasteiger partial charge in [0.15, 0.2) is 6.29 Å². The molecule has 1 aromatic carbocycles. The number of aliphatic hydroxyl groups excluding tert-OH is 5. The minimum absolute atomic E-state index is 0.0895. The zero-order valence-electron chi connectivity index (χ0n) is 20.4. The minimum atomic E-state index is -1.65. The summed E-state index contributed by atoms with van der Waals surface area (Å²) in [5.41, 5.74) is -0.206. The summed E-state index contributed by atoms with van der Waals surface area (Å²) in [7, 11) is 0. The number of carbonyl (C=O) groups is 2. The molecule has 10 atom stereocenters. The molecule has 38 heavy (non-hydrogen) atoms. The van der Waals surface area contributed by atoms with E-state index in [1.165, 1.54) is 31.2 Å². The van der Waals surface area contributed by atoms with Gasteiger partial charge in [0.25, 0.3) is 5.69 Å². The Kier molecular flexibility index (Phi) is 9.91. The van der Waals surface area contributed by atoms with Crippen LogP contribution in [0.25, 0.3) is 0 Å². The fraction of sp³-hybridized carbons (Fsp3) is 0.636. The highest BCUT2D eigenvalue weighted by Gasteiger charge is 2.52. The molecule has 0 saturated carbocycles. The van der Waals surface area contributed by atoms with E-state index in [1.807, 2.05) is 0 Å². The number of nitrogens with one attached hydrogen (secondary N) is 2. The summed E-state index contributed by atoms with van der Waals surface area (Å²) < 4.78 is 22.9. The second kappa shape index (κ2) is 12.7. The number of nitro groups is 1. The molecule has 2 amide bonds. The Labute approximate surface area is 216 Å². The van der Waals surface area contributed by atoms with E-state index in [9.17, 15) is 45.2 Å². The van der Waals surface area contributed by atoms with Gasteiger partial charge in [0.2, 0.25) is 18.1 Å². The van der Waals surface area contributed by atoms with E-state index in [0.717, 1.165) is 6.92 Å². The molecular formula is C22H31N3O13. The van der Waals surface area contributed by atoms with Crippen molar-refractivity contribution in [1.82, 2.24) is 10.6 Å². The number of carbonyl (C=O) groups excluding carboxylic acids is 2. The molecule has 0 aromatic heterocycles. The summed E-state index contributed by atoms with van der Waals surface area (Å²) in [6.07, 6.45) is -11.9. The molecule has 2 aliphatic heterocycles. The molecule has 16 heteroatoms. The molecule has 16 nitrogen and oxygen atoms in total. The summed E-state index contributed by atoms with van der Waals surface area (Å²) >= 11 is 0. The third kappa shape index (κ3) is 6.72. The molecule has 2 saturated heterocycles. The lowest BCUT2D eigenvalue weighted by Gasteiger charge is -2.48. The SMILES string of the molecule is CC(=O)NC1C(OC2C(O)C(CO)OC(Oc3ccc([N+](=O)[O-])cc3)C2NC(C)=O)OC(CO)C(O)C1O. The standard InChI is InChI=1S/C22H31N3O13/c1-9(28)23-15-19(32)17(30)13(7-26)36-21(15)38-20-16(24-10(2)29)22(37-14(8-27)18(20)31)35-12-5-3-11(4-6-12)25(33)34/h3-6,13-22,26-27,30-32H,7-8H2,1-2H3,(H,23,28)(H,24,29). The van der Waals surface area contributed by atoms with Crippen LogP contribution in [0.1, 0.15) is 13.8 Å². The number of nitrogens with zero attached hydrogens (tertiary/aromatic N) is 1. The summed E-state index contributed by atoms with van der Waals surface area (Å²) in [5.74, 6) is -1.11. The van der Waals surface area contributed by atoms with Gasteiger partial charge >= 0.3 is 0 Å². The van der Waals surface area contributed by atoms with Crippen molar-refractivity contribution in [2.24, 2.45) is 0 Å². The van der Waals surface area contributed by atoms with Crippen LogP contribution in [0.5, 0.6) is 5.75 Å². The lowest BCUT2D eigenvalue weighted by atomic mass is 9.94. The van der Waals surface area contributed by atoms with Crippen molar-refractivity contribution in [2.75, 3.05) is 13.2 Å². The molecule has 0 radical (unpaired) electrons. The molecule has 0 bridgehead atoms. The zero-order chi connectivity index (χ0) is 28.1. The van der Waals surface area contributed by atoms with Gasteiger partial charge in [-0.05, 0) is 12.1 Å². The Morgan fingerprint density at radius 1 is 0.895 bits per heavy atom. The predicted molar refractivity (Wildman–Crippen MR) is 123 cm³/mol. The summed E-state index contributed by atoms with van der Waals surface area (Å²) in [5, 5.41) is 67.0. The van der Waals surface area contributed by atoms with Gasteiger partial charge in [-0.15, -0.1) is 0 Å². The van der Waals surface area contributed by atoms with E-state index in [0.29, 0.717) is 0 Å². The Morgan fingerprint density at radius 2 is 1.42 bits per heavy atom. The first-order valence-corrected chi connectivity index (χ1v) is 11.6. The molecule has 0 aliphatic carbocycles. The molecule has 3 rings (SSSR count). The van der Waals surface area contributed by atoms with Gasteiger partial charge in [-0.3, -0.25) is 19.7 Å². The Morgan fingerprint density at radius 3 is 1.95 bits per heavy atom. The topological polar surface area (TPSA) is 239 Å². The third-order valence-corrected chi connectivity index (χ3v) is 6.07. The van der Waals surface area contributed by atoms with Crippen molar-refractivity contribution in [1.29, 1.82) is 0 Å². The fourth-order valence-corrected chi connectivity index (χ4v) is 4.24. The van der Waals surface area contributed by atoms with Crippen LogP contribution in [0.15, 0.2) is 24.3 Å². The van der Waals surface area contributed by atoms with E-state index < -0.39 is 91.2 Å². The number of non-ortho nitro benzene ring substituents is 1. The molecule has 212 valence electrons. The van der Waals surface area contributed by atoms with Crippen molar-refractivity contribution >= 4 is 17.5 Å². The number of hydrogen-bond donors (Lipinski definition) is 7. The first-order valence-electron chi connectivity index (χ1n) is 11.6. The van der Waals surface area contributed by atoms with Gasteiger partial charge in [-0.25, -0.2) is 0 Å². The van der Waals surface area contributed by atoms with Crippen LogP contribution in [-0.4, -0.2) is 117 Å². The number of hydrogen-bond acceptors (Lipinski definition) is 13. The molecule has 2 aliphatic rings. The van der Waals surface area contributed by atoms with Crippen LogP contribution in [0.2, 0.25) is 0 Å². The molecule has 1 aromatic rings. The number of rotatable bonds is 9. The normalized spacial score (nSPS) is 35.2. The first-order chi connectivity index (χ1) is 18.0. The van der Waals surface area contributed by atoms with Crippen LogP contribution in [0.3, 0.4) is 0 Å². The number of ether oxygens (including phenoxy) is 4. The maximum absolute atomic E-state index is 12.1. The van der Waals surface area contributed by atoms with Crippen molar-refractivity contribution in [3.05, 3.63) is 34.4 Å². The van der Waals surface area contributed by atoms with Crippen molar-refractivity contribution in [2.45, 2.75) is 75.1 Å². The predicted octanol–water partition coefficient (Wildman–Crippen LogP) is -3.11. The number of amides is 2. The van der Waals surface area contributed by atoms with E-state index in [2.05, 4.69) is 10.6 Å². The Bertz CT molecular complexity index is 980. The molecule has 10 unspecified atom stereocenters. The van der Waals surface area contributed by atoms with Gasteiger partial charge in [0.1, 0.15) is 54.5 Å². The van der Waals surface area contributed by atoms with Gasteiger partial charge in [0.05, 0.1) is 18.1 Å². The van der Waals surface area contributed by atoms with Gasteiger partial charge in [-0.1, -0.05) is 0 Å². The maximum atomic E-state index is 12.1. The Hall–Kier alpha value is -2.96. The molecule has 7 N–H and O–H groups in total. The van der Waals surface area contributed by atoms with E-state index in [4.69, 9.17) is 18.9 Å². The van der Waals surface area contributed by atoms with E-state index in [-0.39, 0.29) is 11.4 Å². The van der Waals surface area contributed by atoms with Crippen LogP contribution in [0.4, 0.5) is 5.69 Å². The highest BCUT2D eigenvalue weighted by Crippen LogP contribution is 2.31. The van der Waals surface area contributed by atoms with E-state index in [1.54, 1.807) is 0 Å². The maximum Gasteiger partial charge on any atom is 0.269 e. The van der Waals surface area contributed by atoms with Crippen LogP contribution >= 0.6 is 0 Å². The molecule has 2 heterocycles. The number of nitro benzene ring substituents is 1. The average molecular weight is 545 g/mol. The molecule has 0 spiro atoms. The average Bonchev–Trinajstić information content (AvgIpc) is 2.86. The van der Waals surface area contributed by atoms with Crippen LogP contribution < -0.4 is 15.4 Å². The fourth-order valence-electron chi connectivity index (χ4n) is 4.24. The van der Waals surface area contributed by atoms with Crippen LogP contribution in [-0.2, 0) is 23.8 Å². The third-order valence-electron chi connectivity index (χ3n) is 6.07. The monoisotopic (exact) mass is 545 g/mol. The van der Waals surface area contributed by atoms with Gasteiger partial charge in [-0.2, -0.15) is 0 Å². The highest BCUT2D eigenvalue weighted by atomic mass is 16.7. The summed E-state index contributed by atoms with van der Waals surface area (Å²) in [4.78, 5) is 34.1. The number of benzene rings is 1. The molecule has 2 fully saturated rings. The minimum Gasteiger partial charge on any atom is -0.463 e. The second-order valence-electron chi connectivity index (χ2n) is 8.84. The van der Waals surface area contributed by atoms with Gasteiger partial charge < -0.3 is 55.1 Å². The summed E-state index contributed by atoms with van der Waals surface area (Å²) in [6, 6.07) is 2.27. The first kappa shape index (κ1) is 29.6. The Balaban J connectivity index is 1.93. The largest absolute Gasteiger partial charge is 0.463 e. The quantitative estimate of drug-likeness (QED) is 0.120. The van der Waals surface area contributed by atoms with Crippen molar-refractivity contribution < 1.29 is 59.0 Å². The number of aliphatic hydroxyl groups is 5. The van der Waals surface area contributed by atoms with Crippen LogP contribution in [0, 0.1) is 10.1 Å². The highest BCUT2D eigenvalue weighted by molar-refractivity contribution is 5.73. The van der Waals surface area contributed by atoms with E-state index >= 15 is 0 Å². The smallest absolute Gasteiger partial charge is 0.269 e. The molecular weight excluding hydrogens is 514 g/mol. The van der Waals surface area contributed by atoms with Crippen molar-refractivity contribution in [3.63, 3.8) is 0 Å². The summed E-state index contributed by atoms with van der Waals surface area (Å²) in [6.45, 7) is 0.883. The lowest BCUT2D eigenvalue weighted by molar-refractivity contribution is -0.384. The van der Waals surface area contributed by atoms with Crippen molar-refractivity contribution in [3.8, 4) is 5.75 Å². The zero-order valence-corrected chi connectivity index (χ0v) is 20.4. The lowest BCUT2D eigenvalue weighted by Crippen LogP contribution is -2.70. The second-order valence-corrected chi connectivity index (χ2v) is 8.84. The van der Waals surface area contributed by atoms with Gasteiger partial charge in [0, 0.05) is 26.0 Å².